The minimum atomic E-state index is -0.785. The van der Waals surface area contributed by atoms with Crippen LogP contribution in [0.1, 0.15) is 18.4 Å². The van der Waals surface area contributed by atoms with Gasteiger partial charge in [-0.05, 0) is 30.5 Å². The highest BCUT2D eigenvalue weighted by molar-refractivity contribution is 7.99. The van der Waals surface area contributed by atoms with Crippen LogP contribution in [0.3, 0.4) is 0 Å². The van der Waals surface area contributed by atoms with E-state index < -0.39 is 5.97 Å². The minimum absolute atomic E-state index is 0.00156. The molecule has 2 N–H and O–H groups in total. The van der Waals surface area contributed by atoms with E-state index in [-0.39, 0.29) is 17.9 Å². The number of halogens is 2. The average molecular weight is 348 g/mol. The lowest BCUT2D eigenvalue weighted by Gasteiger charge is -2.32. The standard InChI is InChI=1S/C14H15Cl2NO3S/c15-10-2-1-8(12(16)5-10)6-21-7-13(18)17-11-3-9(4-11)14(19)20/h1-2,5,9,11H,3-4,6-7H2,(H,17,18)(H,19,20). The fourth-order valence-corrected chi connectivity index (χ4v) is 3.50. The Kier molecular flexibility index (Phi) is 5.79. The second-order valence-electron chi connectivity index (χ2n) is 5.00. The van der Waals surface area contributed by atoms with Gasteiger partial charge in [0.25, 0.3) is 0 Å². The Labute approximate surface area is 137 Å². The summed E-state index contributed by atoms with van der Waals surface area (Å²) in [5.41, 5.74) is 0.938. The molecule has 0 spiro atoms. The number of nitrogens with one attached hydrogen (secondary N) is 1. The minimum Gasteiger partial charge on any atom is -0.481 e. The van der Waals surface area contributed by atoms with E-state index >= 15 is 0 Å². The second-order valence-corrected chi connectivity index (χ2v) is 6.83. The first-order chi connectivity index (χ1) is 9.95. The van der Waals surface area contributed by atoms with Crippen LogP contribution in [-0.2, 0) is 15.3 Å². The molecule has 1 fully saturated rings. The lowest BCUT2D eigenvalue weighted by atomic mass is 9.80. The van der Waals surface area contributed by atoms with Crippen LogP contribution in [0, 0.1) is 5.92 Å². The summed E-state index contributed by atoms with van der Waals surface area (Å²) in [7, 11) is 0. The van der Waals surface area contributed by atoms with Gasteiger partial charge >= 0.3 is 5.97 Å². The van der Waals surface area contributed by atoms with Crippen LogP contribution in [0.25, 0.3) is 0 Å². The van der Waals surface area contributed by atoms with Crippen molar-refractivity contribution in [3.8, 4) is 0 Å². The summed E-state index contributed by atoms with van der Waals surface area (Å²) < 4.78 is 0. The molecule has 1 aliphatic carbocycles. The zero-order valence-corrected chi connectivity index (χ0v) is 13.5. The van der Waals surface area contributed by atoms with Crippen molar-refractivity contribution in [2.75, 3.05) is 5.75 Å². The van der Waals surface area contributed by atoms with Crippen LogP contribution in [0.5, 0.6) is 0 Å². The highest BCUT2D eigenvalue weighted by Crippen LogP contribution is 2.28. The summed E-state index contributed by atoms with van der Waals surface area (Å²) in [6.45, 7) is 0. The summed E-state index contributed by atoms with van der Waals surface area (Å²) in [6.07, 6.45) is 1.05. The van der Waals surface area contributed by atoms with Gasteiger partial charge in [0.1, 0.15) is 0 Å². The van der Waals surface area contributed by atoms with Crippen molar-refractivity contribution in [3.05, 3.63) is 33.8 Å². The molecule has 0 heterocycles. The fourth-order valence-electron chi connectivity index (χ4n) is 2.10. The second kappa shape index (κ2) is 7.38. The molecule has 1 amide bonds. The molecular formula is C14H15Cl2NO3S. The van der Waals surface area contributed by atoms with E-state index in [1.165, 1.54) is 11.8 Å². The molecule has 4 nitrogen and oxygen atoms in total. The maximum atomic E-state index is 11.7. The van der Waals surface area contributed by atoms with Gasteiger partial charge in [-0.1, -0.05) is 29.3 Å². The normalized spacial score (nSPS) is 20.7. The molecule has 1 aromatic carbocycles. The maximum Gasteiger partial charge on any atom is 0.306 e. The predicted molar refractivity (Wildman–Crippen MR) is 84.9 cm³/mol. The van der Waals surface area contributed by atoms with Crippen LogP contribution >= 0.6 is 35.0 Å². The Morgan fingerprint density at radius 2 is 2.05 bits per heavy atom. The van der Waals surface area contributed by atoms with E-state index in [4.69, 9.17) is 28.3 Å². The highest BCUT2D eigenvalue weighted by Gasteiger charge is 2.35. The van der Waals surface area contributed by atoms with E-state index in [1.54, 1.807) is 12.1 Å². The Balaban J connectivity index is 1.67. The Morgan fingerprint density at radius 3 is 2.67 bits per heavy atom. The van der Waals surface area contributed by atoms with Crippen LogP contribution in [0.4, 0.5) is 0 Å². The Hall–Kier alpha value is -0.910. The number of carbonyl (C=O) groups excluding carboxylic acids is 1. The molecule has 7 heteroatoms. The van der Waals surface area contributed by atoms with Gasteiger partial charge in [0, 0.05) is 21.8 Å². The van der Waals surface area contributed by atoms with Gasteiger partial charge in [-0.15, -0.1) is 11.8 Å². The number of benzene rings is 1. The number of carbonyl (C=O) groups is 2. The van der Waals surface area contributed by atoms with Crippen molar-refractivity contribution in [2.45, 2.75) is 24.6 Å². The monoisotopic (exact) mass is 347 g/mol. The van der Waals surface area contributed by atoms with Gasteiger partial charge in [-0.25, -0.2) is 0 Å². The number of rotatable bonds is 6. The molecule has 0 aliphatic heterocycles. The van der Waals surface area contributed by atoms with Crippen molar-refractivity contribution in [2.24, 2.45) is 5.92 Å². The van der Waals surface area contributed by atoms with Crippen molar-refractivity contribution >= 4 is 46.8 Å². The number of hydrogen-bond donors (Lipinski definition) is 2. The van der Waals surface area contributed by atoms with Crippen LogP contribution in [0.2, 0.25) is 10.0 Å². The third-order valence-corrected chi connectivity index (χ3v) is 4.93. The van der Waals surface area contributed by atoms with Crippen molar-refractivity contribution in [1.82, 2.24) is 5.32 Å². The van der Waals surface area contributed by atoms with E-state index in [0.717, 1.165) is 5.56 Å². The third kappa shape index (κ3) is 4.80. The first kappa shape index (κ1) is 16.5. The predicted octanol–water partition coefficient (Wildman–Crippen LogP) is 3.21. The molecule has 1 aromatic rings. The number of carboxylic acid groups (broad SMARTS) is 1. The summed E-state index contributed by atoms with van der Waals surface area (Å²) in [5, 5.41) is 12.8. The van der Waals surface area contributed by atoms with E-state index in [9.17, 15) is 9.59 Å². The third-order valence-electron chi connectivity index (χ3n) is 3.36. The zero-order chi connectivity index (χ0) is 15.4. The van der Waals surface area contributed by atoms with Gasteiger partial charge < -0.3 is 10.4 Å². The topological polar surface area (TPSA) is 66.4 Å². The summed E-state index contributed by atoms with van der Waals surface area (Å²) in [5.74, 6) is -0.207. The molecule has 0 radical (unpaired) electrons. The first-order valence-electron chi connectivity index (χ1n) is 6.49. The molecule has 0 atom stereocenters. The van der Waals surface area contributed by atoms with Crippen molar-refractivity contribution in [1.29, 1.82) is 0 Å². The molecule has 0 aromatic heterocycles. The Morgan fingerprint density at radius 1 is 1.33 bits per heavy atom. The SMILES string of the molecule is O=C(CSCc1ccc(Cl)cc1Cl)NC1CC(C(=O)O)C1. The van der Waals surface area contributed by atoms with Gasteiger partial charge in [0.2, 0.25) is 5.91 Å². The van der Waals surface area contributed by atoms with Crippen LogP contribution in [0.15, 0.2) is 18.2 Å². The summed E-state index contributed by atoms with van der Waals surface area (Å²) in [4.78, 5) is 22.4. The molecule has 0 unspecified atom stereocenters. The summed E-state index contributed by atoms with van der Waals surface area (Å²) >= 11 is 13.3. The molecule has 1 saturated carbocycles. The molecule has 114 valence electrons. The smallest absolute Gasteiger partial charge is 0.306 e. The van der Waals surface area contributed by atoms with Crippen LogP contribution in [-0.4, -0.2) is 28.8 Å². The number of aliphatic carboxylic acids is 1. The summed E-state index contributed by atoms with van der Waals surface area (Å²) in [6, 6.07) is 5.29. The number of thioether (sulfide) groups is 1. The molecular weight excluding hydrogens is 333 g/mol. The lowest BCUT2D eigenvalue weighted by Crippen LogP contribution is -2.47. The lowest BCUT2D eigenvalue weighted by molar-refractivity contribution is -0.146. The molecule has 1 aliphatic rings. The average Bonchev–Trinajstić information content (AvgIpc) is 2.35. The Bertz CT molecular complexity index is 547. The fraction of sp³-hybridized carbons (Fsp3) is 0.429. The van der Waals surface area contributed by atoms with Gasteiger partial charge in [-0.2, -0.15) is 0 Å². The number of hydrogen-bond acceptors (Lipinski definition) is 3. The quantitative estimate of drug-likeness (QED) is 0.829. The first-order valence-corrected chi connectivity index (χ1v) is 8.40. The van der Waals surface area contributed by atoms with Gasteiger partial charge in [0.05, 0.1) is 11.7 Å². The van der Waals surface area contributed by atoms with Crippen molar-refractivity contribution in [3.63, 3.8) is 0 Å². The van der Waals surface area contributed by atoms with Crippen molar-refractivity contribution < 1.29 is 14.7 Å². The molecule has 2 rings (SSSR count). The largest absolute Gasteiger partial charge is 0.481 e. The van der Waals surface area contributed by atoms with E-state index in [0.29, 0.717) is 34.4 Å². The van der Waals surface area contributed by atoms with Crippen LogP contribution < -0.4 is 5.32 Å². The van der Waals surface area contributed by atoms with Gasteiger partial charge in [0.15, 0.2) is 0 Å². The zero-order valence-electron chi connectivity index (χ0n) is 11.1. The van der Waals surface area contributed by atoms with E-state index in [1.807, 2.05) is 6.07 Å². The molecule has 0 saturated heterocycles. The number of carboxylic acids is 1. The molecule has 0 bridgehead atoms. The highest BCUT2D eigenvalue weighted by atomic mass is 35.5. The van der Waals surface area contributed by atoms with E-state index in [2.05, 4.69) is 5.32 Å². The molecule has 21 heavy (non-hydrogen) atoms. The van der Waals surface area contributed by atoms with Gasteiger partial charge in [-0.3, -0.25) is 9.59 Å². The maximum absolute atomic E-state index is 11.7. The number of amides is 1.